The molecular weight excluding hydrogens is 270 g/mol. The fourth-order valence-corrected chi connectivity index (χ4v) is 0.793. The number of primary amides is 2. The molecule has 0 aromatic carbocycles. The number of quaternary nitrogens is 1. The second kappa shape index (κ2) is 14.7. The van der Waals surface area contributed by atoms with Crippen molar-refractivity contribution in [1.29, 1.82) is 0 Å². The molecule has 19 heavy (non-hydrogen) atoms. The minimum atomic E-state index is -0.481. The monoisotopic (exact) mass is 295 g/mol. The third kappa shape index (κ3) is 61.1. The molecule has 2 amide bonds. The Bertz CT molecular complexity index is 256. The largest absolute Gasteiger partial charge is 1.00 e. The van der Waals surface area contributed by atoms with E-state index in [0.29, 0.717) is 0 Å². The quantitative estimate of drug-likeness (QED) is 0.368. The summed E-state index contributed by atoms with van der Waals surface area (Å²) in [4.78, 5) is 18.9. The topological polar surface area (TPSA) is 106 Å². The highest BCUT2D eigenvalue weighted by atomic mass is 35.5. The van der Waals surface area contributed by atoms with Crippen LogP contribution in [0.3, 0.4) is 0 Å². The van der Waals surface area contributed by atoms with E-state index in [4.69, 9.17) is 5.11 Å². The van der Waals surface area contributed by atoms with Crippen LogP contribution in [0.15, 0.2) is 25.3 Å². The van der Waals surface area contributed by atoms with E-state index in [1.165, 1.54) is 0 Å². The van der Waals surface area contributed by atoms with Gasteiger partial charge in [0.1, 0.15) is 12.6 Å². The van der Waals surface area contributed by atoms with Gasteiger partial charge in [-0.2, -0.15) is 0 Å². The molecule has 0 aliphatic carbocycles. The lowest BCUT2D eigenvalue weighted by molar-refractivity contribution is -0.873. The zero-order valence-corrected chi connectivity index (χ0v) is 12.9. The van der Waals surface area contributed by atoms with Crippen LogP contribution in [0.5, 0.6) is 0 Å². The summed E-state index contributed by atoms with van der Waals surface area (Å²) in [6, 6.07) is 0. The van der Waals surface area contributed by atoms with Gasteiger partial charge in [0.15, 0.2) is 0 Å². The third-order valence-electron chi connectivity index (χ3n) is 1.21. The molecule has 114 valence electrons. The van der Waals surface area contributed by atoms with Crippen LogP contribution in [0.2, 0.25) is 0 Å². The molecule has 0 bridgehead atoms. The molecule has 0 fully saturated rings. The Hall–Kier alpha value is -1.37. The maximum Gasteiger partial charge on any atom is 0.240 e. The molecular formula is C12H26ClN3O3. The SMILES string of the molecule is C=CC(N)=O.C=CC(N)=O.CC(O)C[N+](C)(C)C.[Cl-]. The summed E-state index contributed by atoms with van der Waals surface area (Å²) < 4.78 is 0.831. The Kier molecular flexibility index (Phi) is 20.3. The highest BCUT2D eigenvalue weighted by molar-refractivity contribution is 5.85. The first kappa shape index (κ1) is 26.2. The van der Waals surface area contributed by atoms with Crippen LogP contribution in [0.1, 0.15) is 6.92 Å². The van der Waals surface area contributed by atoms with E-state index in [2.05, 4.69) is 45.8 Å². The first-order valence-electron chi connectivity index (χ1n) is 5.28. The minimum absolute atomic E-state index is 0. The highest BCUT2D eigenvalue weighted by Gasteiger charge is 2.09. The van der Waals surface area contributed by atoms with Crippen molar-refractivity contribution in [2.24, 2.45) is 11.5 Å². The molecule has 0 aliphatic rings. The van der Waals surface area contributed by atoms with Crippen LogP contribution >= 0.6 is 0 Å². The molecule has 1 atom stereocenters. The molecule has 0 radical (unpaired) electrons. The van der Waals surface area contributed by atoms with Gasteiger partial charge >= 0.3 is 0 Å². The molecule has 0 aromatic heterocycles. The average Bonchev–Trinajstić information content (AvgIpc) is 2.15. The Morgan fingerprint density at radius 3 is 1.37 bits per heavy atom. The lowest BCUT2D eigenvalue weighted by atomic mass is 10.3. The molecule has 0 saturated carbocycles. The number of nitrogens with two attached hydrogens (primary N) is 2. The van der Waals surface area contributed by atoms with Crippen molar-refractivity contribution in [3.05, 3.63) is 25.3 Å². The average molecular weight is 296 g/mol. The van der Waals surface area contributed by atoms with Crippen LogP contribution in [0.4, 0.5) is 0 Å². The van der Waals surface area contributed by atoms with Crippen LogP contribution in [0.25, 0.3) is 0 Å². The normalized spacial score (nSPS) is 10.2. The predicted octanol–water partition coefficient (Wildman–Crippen LogP) is -3.61. The van der Waals surface area contributed by atoms with Gasteiger partial charge in [0.05, 0.1) is 21.1 Å². The Balaban J connectivity index is -0.0000000906. The zero-order chi connectivity index (χ0) is 15.4. The van der Waals surface area contributed by atoms with Gasteiger partial charge in [0, 0.05) is 0 Å². The molecule has 5 N–H and O–H groups in total. The lowest BCUT2D eigenvalue weighted by Gasteiger charge is -2.24. The second-order valence-corrected chi connectivity index (χ2v) is 4.53. The number of amides is 2. The molecule has 0 aliphatic heterocycles. The highest BCUT2D eigenvalue weighted by Crippen LogP contribution is 1.92. The number of halogens is 1. The van der Waals surface area contributed by atoms with Crippen LogP contribution in [0, 0.1) is 0 Å². The predicted molar refractivity (Wildman–Crippen MR) is 73.4 cm³/mol. The van der Waals surface area contributed by atoms with E-state index >= 15 is 0 Å². The number of rotatable bonds is 4. The molecule has 0 aromatic rings. The summed E-state index contributed by atoms with van der Waals surface area (Å²) in [6.45, 7) is 8.80. The van der Waals surface area contributed by atoms with Crippen molar-refractivity contribution in [2.75, 3.05) is 27.7 Å². The fourth-order valence-electron chi connectivity index (χ4n) is 0.793. The van der Waals surface area contributed by atoms with Crippen molar-refractivity contribution in [3.8, 4) is 0 Å². The minimum Gasteiger partial charge on any atom is -1.00 e. The standard InChI is InChI=1S/C6H16NO.2C3H5NO.ClH/c1-6(8)5-7(2,3)4;2*1-2-3(4)5;/h6,8H,5H2,1-4H3;2*2H,1H2,(H2,4,5);1H/q+1;;;/p-1. The fraction of sp³-hybridized carbons (Fsp3) is 0.500. The molecule has 7 heteroatoms. The Morgan fingerprint density at radius 1 is 1.16 bits per heavy atom. The Morgan fingerprint density at radius 2 is 1.37 bits per heavy atom. The molecule has 1 unspecified atom stereocenters. The summed E-state index contributed by atoms with van der Waals surface area (Å²) in [5.74, 6) is -0.963. The number of hydrogen-bond acceptors (Lipinski definition) is 3. The number of aliphatic hydroxyl groups is 1. The van der Waals surface area contributed by atoms with Gasteiger partial charge in [-0.25, -0.2) is 0 Å². The van der Waals surface area contributed by atoms with Crippen LogP contribution < -0.4 is 23.9 Å². The smallest absolute Gasteiger partial charge is 0.240 e. The number of likely N-dealkylation sites (N-methyl/N-ethyl adjacent to an activating group) is 1. The van der Waals surface area contributed by atoms with Gasteiger partial charge in [-0.05, 0) is 19.1 Å². The Labute approximate surface area is 121 Å². The first-order chi connectivity index (χ1) is 7.96. The van der Waals surface area contributed by atoms with E-state index in [0.717, 1.165) is 23.2 Å². The van der Waals surface area contributed by atoms with Crippen LogP contribution in [-0.2, 0) is 9.59 Å². The zero-order valence-electron chi connectivity index (χ0n) is 12.1. The van der Waals surface area contributed by atoms with E-state index < -0.39 is 11.8 Å². The number of nitrogens with zero attached hydrogens (tertiary/aromatic N) is 1. The van der Waals surface area contributed by atoms with Crippen molar-refractivity contribution >= 4 is 11.8 Å². The van der Waals surface area contributed by atoms with Crippen molar-refractivity contribution < 1.29 is 31.6 Å². The maximum atomic E-state index is 9.47. The van der Waals surface area contributed by atoms with E-state index in [1.807, 2.05) is 6.92 Å². The van der Waals surface area contributed by atoms with Crippen molar-refractivity contribution in [2.45, 2.75) is 13.0 Å². The van der Waals surface area contributed by atoms with Gasteiger partial charge in [-0.1, -0.05) is 13.2 Å². The summed E-state index contributed by atoms with van der Waals surface area (Å²) >= 11 is 0. The number of aliphatic hydroxyl groups excluding tert-OH is 1. The van der Waals surface area contributed by atoms with Gasteiger partial charge in [0.25, 0.3) is 0 Å². The molecule has 0 spiro atoms. The van der Waals surface area contributed by atoms with Crippen molar-refractivity contribution in [3.63, 3.8) is 0 Å². The van der Waals surface area contributed by atoms with Gasteiger partial charge < -0.3 is 33.5 Å². The second-order valence-electron chi connectivity index (χ2n) is 4.53. The summed E-state index contributed by atoms with van der Waals surface area (Å²) in [5, 5.41) is 8.87. The summed E-state index contributed by atoms with van der Waals surface area (Å²) in [7, 11) is 6.19. The molecule has 6 nitrogen and oxygen atoms in total. The van der Waals surface area contributed by atoms with Crippen LogP contribution in [-0.4, -0.2) is 55.2 Å². The third-order valence-corrected chi connectivity index (χ3v) is 1.21. The maximum absolute atomic E-state index is 9.47. The number of carbonyl (C=O) groups is 2. The summed E-state index contributed by atoms with van der Waals surface area (Å²) in [5.41, 5.74) is 9.07. The lowest BCUT2D eigenvalue weighted by Crippen LogP contribution is -3.00. The molecule has 0 saturated heterocycles. The van der Waals surface area contributed by atoms with E-state index in [-0.39, 0.29) is 18.5 Å². The molecule has 0 heterocycles. The first-order valence-corrected chi connectivity index (χ1v) is 5.28. The number of carbonyl (C=O) groups excluding carboxylic acids is 2. The molecule has 0 rings (SSSR count). The number of hydrogen-bond donors (Lipinski definition) is 3. The van der Waals surface area contributed by atoms with E-state index in [9.17, 15) is 9.59 Å². The van der Waals surface area contributed by atoms with Gasteiger partial charge in [-0.15, -0.1) is 0 Å². The summed E-state index contributed by atoms with van der Waals surface area (Å²) in [6.07, 6.45) is 1.93. The van der Waals surface area contributed by atoms with E-state index in [1.54, 1.807) is 0 Å². The van der Waals surface area contributed by atoms with Crippen molar-refractivity contribution in [1.82, 2.24) is 0 Å². The van der Waals surface area contributed by atoms with Gasteiger partial charge in [-0.3, -0.25) is 9.59 Å². The van der Waals surface area contributed by atoms with Gasteiger partial charge in [0.2, 0.25) is 11.8 Å².